The summed E-state index contributed by atoms with van der Waals surface area (Å²) in [7, 11) is 0. The van der Waals surface area contributed by atoms with Crippen molar-refractivity contribution in [3.05, 3.63) is 58.7 Å². The summed E-state index contributed by atoms with van der Waals surface area (Å²) in [5, 5.41) is 10.3. The normalized spacial score (nSPS) is 12.5. The van der Waals surface area contributed by atoms with Crippen LogP contribution in [0.5, 0.6) is 0 Å². The zero-order valence-electron chi connectivity index (χ0n) is 10.3. The fourth-order valence-corrected chi connectivity index (χ4v) is 1.97. The van der Waals surface area contributed by atoms with Crippen molar-refractivity contribution in [2.45, 2.75) is 26.9 Å². The SMILES string of the molecule is Cc1cc(C)cc(C(O)c2ccnc(C)n2)c1. The monoisotopic (exact) mass is 228 g/mol. The molecule has 2 aromatic rings. The molecule has 0 radical (unpaired) electrons. The van der Waals surface area contributed by atoms with Crippen LogP contribution < -0.4 is 0 Å². The zero-order chi connectivity index (χ0) is 12.4. The van der Waals surface area contributed by atoms with Crippen LogP contribution in [0.2, 0.25) is 0 Å². The highest BCUT2D eigenvalue weighted by atomic mass is 16.3. The van der Waals surface area contributed by atoms with Crippen molar-refractivity contribution < 1.29 is 5.11 Å². The maximum Gasteiger partial charge on any atom is 0.125 e. The third-order valence-electron chi connectivity index (χ3n) is 2.64. The van der Waals surface area contributed by atoms with Crippen LogP contribution >= 0.6 is 0 Å². The van der Waals surface area contributed by atoms with Gasteiger partial charge in [-0.1, -0.05) is 29.3 Å². The highest BCUT2D eigenvalue weighted by molar-refractivity contribution is 5.33. The molecule has 17 heavy (non-hydrogen) atoms. The quantitative estimate of drug-likeness (QED) is 0.859. The number of aromatic nitrogens is 2. The van der Waals surface area contributed by atoms with Crippen molar-refractivity contribution in [1.29, 1.82) is 0 Å². The first-order valence-electron chi connectivity index (χ1n) is 5.62. The van der Waals surface area contributed by atoms with Gasteiger partial charge in [0.05, 0.1) is 5.69 Å². The Morgan fingerprint density at radius 1 is 1.06 bits per heavy atom. The number of hydrogen-bond donors (Lipinski definition) is 1. The number of aliphatic hydroxyl groups excluding tert-OH is 1. The van der Waals surface area contributed by atoms with Crippen LogP contribution in [0.4, 0.5) is 0 Å². The molecule has 1 heterocycles. The minimum atomic E-state index is -0.685. The highest BCUT2D eigenvalue weighted by Gasteiger charge is 2.12. The number of rotatable bonds is 2. The molecule has 0 saturated heterocycles. The van der Waals surface area contributed by atoms with E-state index in [4.69, 9.17) is 0 Å². The van der Waals surface area contributed by atoms with E-state index in [1.165, 1.54) is 0 Å². The molecule has 1 aromatic heterocycles. The molecule has 0 bridgehead atoms. The summed E-state index contributed by atoms with van der Waals surface area (Å²) in [5.41, 5.74) is 3.80. The molecule has 0 spiro atoms. The molecule has 0 saturated carbocycles. The Kier molecular flexibility index (Phi) is 3.20. The van der Waals surface area contributed by atoms with Crippen LogP contribution in [0.25, 0.3) is 0 Å². The average Bonchev–Trinajstić information content (AvgIpc) is 2.26. The van der Waals surface area contributed by atoms with Crippen LogP contribution in [0.15, 0.2) is 30.5 Å². The molecule has 0 aliphatic carbocycles. The van der Waals surface area contributed by atoms with Crippen molar-refractivity contribution in [3.8, 4) is 0 Å². The number of aryl methyl sites for hydroxylation is 3. The van der Waals surface area contributed by atoms with Crippen molar-refractivity contribution in [3.63, 3.8) is 0 Å². The summed E-state index contributed by atoms with van der Waals surface area (Å²) < 4.78 is 0. The van der Waals surface area contributed by atoms with E-state index >= 15 is 0 Å². The van der Waals surface area contributed by atoms with Gasteiger partial charge >= 0.3 is 0 Å². The third kappa shape index (κ3) is 2.68. The number of aliphatic hydroxyl groups is 1. The predicted molar refractivity (Wildman–Crippen MR) is 66.7 cm³/mol. The molecular weight excluding hydrogens is 212 g/mol. The van der Waals surface area contributed by atoms with Crippen LogP contribution in [0.3, 0.4) is 0 Å². The Morgan fingerprint density at radius 2 is 1.71 bits per heavy atom. The summed E-state index contributed by atoms with van der Waals surface area (Å²) in [6, 6.07) is 7.79. The first kappa shape index (κ1) is 11.7. The maximum atomic E-state index is 10.3. The van der Waals surface area contributed by atoms with E-state index < -0.39 is 6.10 Å². The van der Waals surface area contributed by atoms with Crippen LogP contribution in [-0.4, -0.2) is 15.1 Å². The molecule has 0 aliphatic heterocycles. The van der Waals surface area contributed by atoms with E-state index in [2.05, 4.69) is 16.0 Å². The summed E-state index contributed by atoms with van der Waals surface area (Å²) in [6.07, 6.45) is 0.985. The minimum Gasteiger partial charge on any atom is -0.382 e. The average molecular weight is 228 g/mol. The number of benzene rings is 1. The molecule has 2 rings (SSSR count). The van der Waals surface area contributed by atoms with Crippen molar-refractivity contribution in [1.82, 2.24) is 9.97 Å². The molecule has 3 heteroatoms. The van der Waals surface area contributed by atoms with Crippen molar-refractivity contribution in [2.24, 2.45) is 0 Å². The van der Waals surface area contributed by atoms with Crippen molar-refractivity contribution >= 4 is 0 Å². The first-order valence-corrected chi connectivity index (χ1v) is 5.62. The lowest BCUT2D eigenvalue weighted by molar-refractivity contribution is 0.214. The van der Waals surface area contributed by atoms with Crippen molar-refractivity contribution in [2.75, 3.05) is 0 Å². The Hall–Kier alpha value is -1.74. The lowest BCUT2D eigenvalue weighted by Crippen LogP contribution is -2.04. The summed E-state index contributed by atoms with van der Waals surface area (Å²) in [5.74, 6) is 0.672. The Bertz CT molecular complexity index is 517. The second kappa shape index (κ2) is 4.63. The van der Waals surface area contributed by atoms with Crippen LogP contribution in [0.1, 0.15) is 34.3 Å². The van der Waals surface area contributed by atoms with Gasteiger partial charge in [-0.2, -0.15) is 0 Å². The van der Waals surface area contributed by atoms with Gasteiger partial charge in [0.15, 0.2) is 0 Å². The standard InChI is InChI=1S/C14H16N2O/c1-9-6-10(2)8-12(7-9)14(17)13-4-5-15-11(3)16-13/h4-8,14,17H,1-3H3. The summed E-state index contributed by atoms with van der Waals surface area (Å²) in [4.78, 5) is 8.28. The smallest absolute Gasteiger partial charge is 0.125 e. The van der Waals surface area contributed by atoms with Gasteiger partial charge in [0.2, 0.25) is 0 Å². The summed E-state index contributed by atoms with van der Waals surface area (Å²) in [6.45, 7) is 5.86. The molecule has 1 unspecified atom stereocenters. The molecule has 1 aromatic carbocycles. The maximum absolute atomic E-state index is 10.3. The molecule has 1 N–H and O–H groups in total. The zero-order valence-corrected chi connectivity index (χ0v) is 10.3. The highest BCUT2D eigenvalue weighted by Crippen LogP contribution is 2.22. The number of hydrogen-bond acceptors (Lipinski definition) is 3. The van der Waals surface area contributed by atoms with Crippen LogP contribution in [0, 0.1) is 20.8 Å². The van der Waals surface area contributed by atoms with E-state index in [0.717, 1.165) is 16.7 Å². The Morgan fingerprint density at radius 3 is 2.29 bits per heavy atom. The molecule has 0 aliphatic rings. The van der Waals surface area contributed by atoms with E-state index in [0.29, 0.717) is 11.5 Å². The van der Waals surface area contributed by atoms with Gasteiger partial charge in [-0.05, 0) is 32.4 Å². The largest absolute Gasteiger partial charge is 0.382 e. The fourth-order valence-electron chi connectivity index (χ4n) is 1.97. The molecule has 0 amide bonds. The van der Waals surface area contributed by atoms with E-state index in [1.54, 1.807) is 12.3 Å². The molecule has 88 valence electrons. The number of nitrogens with zero attached hydrogens (tertiary/aromatic N) is 2. The predicted octanol–water partition coefficient (Wildman–Crippen LogP) is 2.48. The minimum absolute atomic E-state index is 0.641. The van der Waals surface area contributed by atoms with Gasteiger partial charge in [-0.15, -0.1) is 0 Å². The first-order chi connectivity index (χ1) is 8.06. The van der Waals surface area contributed by atoms with Gasteiger partial charge < -0.3 is 5.11 Å². The van der Waals surface area contributed by atoms with E-state index in [1.807, 2.05) is 32.9 Å². The van der Waals surface area contributed by atoms with Gasteiger partial charge in [-0.25, -0.2) is 9.97 Å². The topological polar surface area (TPSA) is 46.0 Å². The second-order valence-electron chi connectivity index (χ2n) is 4.35. The molecule has 1 atom stereocenters. The Labute approximate surface area is 101 Å². The lowest BCUT2D eigenvalue weighted by Gasteiger charge is -2.12. The van der Waals surface area contributed by atoms with Crippen LogP contribution in [-0.2, 0) is 0 Å². The second-order valence-corrected chi connectivity index (χ2v) is 4.35. The molecule has 0 fully saturated rings. The van der Waals surface area contributed by atoms with Gasteiger partial charge in [-0.3, -0.25) is 0 Å². The summed E-state index contributed by atoms with van der Waals surface area (Å²) >= 11 is 0. The van der Waals surface area contributed by atoms with E-state index in [9.17, 15) is 5.11 Å². The van der Waals surface area contributed by atoms with Gasteiger partial charge in [0.25, 0.3) is 0 Å². The third-order valence-corrected chi connectivity index (χ3v) is 2.64. The van der Waals surface area contributed by atoms with E-state index in [-0.39, 0.29) is 0 Å². The molecular formula is C14H16N2O. The van der Waals surface area contributed by atoms with Gasteiger partial charge in [0.1, 0.15) is 11.9 Å². The Balaban J connectivity index is 2.39. The lowest BCUT2D eigenvalue weighted by atomic mass is 10.0. The fraction of sp³-hybridized carbons (Fsp3) is 0.286. The van der Waals surface area contributed by atoms with Gasteiger partial charge in [0, 0.05) is 6.20 Å². The molecule has 3 nitrogen and oxygen atoms in total.